The van der Waals surface area contributed by atoms with E-state index in [0.29, 0.717) is 16.8 Å². The summed E-state index contributed by atoms with van der Waals surface area (Å²) in [6, 6.07) is 3.33. The predicted molar refractivity (Wildman–Crippen MR) is 62.9 cm³/mol. The van der Waals surface area contributed by atoms with Crippen LogP contribution < -0.4 is 11.1 Å². The van der Waals surface area contributed by atoms with E-state index in [1.54, 1.807) is 12.1 Å². The minimum Gasteiger partial charge on any atom is -0.384 e. The lowest BCUT2D eigenvalue weighted by Gasteiger charge is -2.38. The Labute approximate surface area is 95.3 Å². The van der Waals surface area contributed by atoms with Gasteiger partial charge in [-0.2, -0.15) is 0 Å². The van der Waals surface area contributed by atoms with Crippen molar-refractivity contribution in [1.82, 2.24) is 10.3 Å². The largest absolute Gasteiger partial charge is 0.384 e. The number of hydrogen-bond acceptors (Lipinski definition) is 3. The third kappa shape index (κ3) is 2.32. The maximum Gasteiger partial charge on any atom is 0.252 e. The van der Waals surface area contributed by atoms with Crippen molar-refractivity contribution < 1.29 is 4.79 Å². The lowest BCUT2D eigenvalue weighted by molar-refractivity contribution is 0.0890. The molecule has 86 valence electrons. The number of nitrogen functional groups attached to an aromatic ring is 1. The van der Waals surface area contributed by atoms with Gasteiger partial charge >= 0.3 is 0 Å². The second kappa shape index (κ2) is 4.12. The van der Waals surface area contributed by atoms with Crippen molar-refractivity contribution in [3.63, 3.8) is 0 Å². The monoisotopic (exact) mass is 219 g/mol. The molecule has 1 aliphatic rings. The fourth-order valence-electron chi connectivity index (χ4n) is 1.89. The highest BCUT2D eigenvalue weighted by Gasteiger charge is 2.31. The Bertz CT molecular complexity index is 382. The Morgan fingerprint density at radius 1 is 1.56 bits per heavy atom. The first kappa shape index (κ1) is 10.9. The highest BCUT2D eigenvalue weighted by Crippen LogP contribution is 2.39. The summed E-state index contributed by atoms with van der Waals surface area (Å²) >= 11 is 0. The van der Waals surface area contributed by atoms with E-state index in [1.165, 1.54) is 25.5 Å². The average Bonchev–Trinajstić information content (AvgIpc) is 2.24. The van der Waals surface area contributed by atoms with Crippen molar-refractivity contribution in [2.45, 2.75) is 26.2 Å². The van der Waals surface area contributed by atoms with Crippen LogP contribution in [-0.2, 0) is 0 Å². The van der Waals surface area contributed by atoms with E-state index in [4.69, 9.17) is 5.73 Å². The number of carbonyl (C=O) groups excluding carboxylic acids is 1. The lowest BCUT2D eigenvalue weighted by atomic mass is 9.70. The number of anilines is 1. The van der Waals surface area contributed by atoms with Crippen LogP contribution in [0.4, 0.5) is 5.82 Å². The molecular weight excluding hydrogens is 202 g/mol. The number of rotatable bonds is 3. The topological polar surface area (TPSA) is 68.0 Å². The van der Waals surface area contributed by atoms with Crippen molar-refractivity contribution in [1.29, 1.82) is 0 Å². The average molecular weight is 219 g/mol. The summed E-state index contributed by atoms with van der Waals surface area (Å²) in [5, 5.41) is 2.94. The zero-order chi connectivity index (χ0) is 11.6. The molecule has 3 N–H and O–H groups in total. The van der Waals surface area contributed by atoms with Gasteiger partial charge in [0.15, 0.2) is 0 Å². The first-order chi connectivity index (χ1) is 7.59. The summed E-state index contributed by atoms with van der Waals surface area (Å²) < 4.78 is 0. The van der Waals surface area contributed by atoms with Crippen LogP contribution in [0.1, 0.15) is 36.5 Å². The van der Waals surface area contributed by atoms with Crippen LogP contribution in [0.3, 0.4) is 0 Å². The Balaban J connectivity index is 1.90. The Morgan fingerprint density at radius 3 is 2.81 bits per heavy atom. The van der Waals surface area contributed by atoms with Gasteiger partial charge in [-0.3, -0.25) is 4.79 Å². The summed E-state index contributed by atoms with van der Waals surface area (Å²) in [4.78, 5) is 15.6. The van der Waals surface area contributed by atoms with Crippen LogP contribution in [0.2, 0.25) is 0 Å². The van der Waals surface area contributed by atoms with E-state index in [-0.39, 0.29) is 5.91 Å². The molecule has 1 aromatic heterocycles. The summed E-state index contributed by atoms with van der Waals surface area (Å²) in [5.74, 6) is 0.364. The fourth-order valence-corrected chi connectivity index (χ4v) is 1.89. The van der Waals surface area contributed by atoms with Crippen molar-refractivity contribution in [3.05, 3.63) is 23.9 Å². The molecular formula is C12H17N3O. The lowest BCUT2D eigenvalue weighted by Crippen LogP contribution is -2.39. The van der Waals surface area contributed by atoms with Gasteiger partial charge in [-0.25, -0.2) is 4.98 Å². The molecule has 0 unspecified atom stereocenters. The van der Waals surface area contributed by atoms with Gasteiger partial charge in [0, 0.05) is 12.7 Å². The van der Waals surface area contributed by atoms with Crippen molar-refractivity contribution in [2.24, 2.45) is 5.41 Å². The molecule has 1 saturated carbocycles. The molecule has 0 radical (unpaired) electrons. The van der Waals surface area contributed by atoms with E-state index in [2.05, 4.69) is 17.2 Å². The van der Waals surface area contributed by atoms with Crippen LogP contribution in [-0.4, -0.2) is 17.4 Å². The van der Waals surface area contributed by atoms with Gasteiger partial charge in [0.25, 0.3) is 5.91 Å². The molecule has 0 saturated heterocycles. The van der Waals surface area contributed by atoms with Gasteiger partial charge in [-0.15, -0.1) is 0 Å². The van der Waals surface area contributed by atoms with E-state index >= 15 is 0 Å². The summed E-state index contributed by atoms with van der Waals surface area (Å²) in [6.07, 6.45) is 5.18. The third-order valence-corrected chi connectivity index (χ3v) is 3.28. The number of aromatic nitrogens is 1. The second-order valence-corrected chi connectivity index (χ2v) is 4.82. The molecule has 0 bridgehead atoms. The molecule has 1 aromatic rings. The van der Waals surface area contributed by atoms with Crippen LogP contribution in [0, 0.1) is 5.41 Å². The molecule has 1 heterocycles. The minimum absolute atomic E-state index is 0.0689. The molecule has 0 aromatic carbocycles. The SMILES string of the molecule is CC1(CNC(=O)c2ccc(N)nc2)CCC1. The van der Waals surface area contributed by atoms with Crippen molar-refractivity contribution in [3.8, 4) is 0 Å². The molecule has 0 atom stereocenters. The number of nitrogens with zero attached hydrogens (tertiary/aromatic N) is 1. The number of nitrogens with one attached hydrogen (secondary N) is 1. The van der Waals surface area contributed by atoms with Crippen LogP contribution in [0.25, 0.3) is 0 Å². The van der Waals surface area contributed by atoms with Gasteiger partial charge in [-0.05, 0) is 30.4 Å². The smallest absolute Gasteiger partial charge is 0.252 e. The highest BCUT2D eigenvalue weighted by molar-refractivity contribution is 5.94. The van der Waals surface area contributed by atoms with Crippen molar-refractivity contribution in [2.75, 3.05) is 12.3 Å². The van der Waals surface area contributed by atoms with Gasteiger partial charge in [0.1, 0.15) is 5.82 Å². The van der Waals surface area contributed by atoms with E-state index in [0.717, 1.165) is 6.54 Å². The normalized spacial score (nSPS) is 17.6. The quantitative estimate of drug-likeness (QED) is 0.811. The Kier molecular flexibility index (Phi) is 2.81. The van der Waals surface area contributed by atoms with Crippen LogP contribution in [0.15, 0.2) is 18.3 Å². The van der Waals surface area contributed by atoms with Crippen molar-refractivity contribution >= 4 is 11.7 Å². The molecule has 4 heteroatoms. The third-order valence-electron chi connectivity index (χ3n) is 3.28. The number of carbonyl (C=O) groups is 1. The number of hydrogen-bond donors (Lipinski definition) is 2. The minimum atomic E-state index is -0.0689. The maximum absolute atomic E-state index is 11.8. The van der Waals surface area contributed by atoms with Crippen LogP contribution in [0.5, 0.6) is 0 Å². The molecule has 2 rings (SSSR count). The highest BCUT2D eigenvalue weighted by atomic mass is 16.1. The Hall–Kier alpha value is -1.58. The predicted octanol–water partition coefficient (Wildman–Crippen LogP) is 1.58. The summed E-state index contributed by atoms with van der Waals surface area (Å²) in [5.41, 5.74) is 6.33. The number of pyridine rings is 1. The molecule has 0 aliphatic heterocycles. The zero-order valence-corrected chi connectivity index (χ0v) is 9.49. The Morgan fingerprint density at radius 2 is 2.31 bits per heavy atom. The molecule has 1 fully saturated rings. The van der Waals surface area contributed by atoms with Gasteiger partial charge < -0.3 is 11.1 Å². The summed E-state index contributed by atoms with van der Waals surface area (Å²) in [7, 11) is 0. The first-order valence-corrected chi connectivity index (χ1v) is 5.59. The van der Waals surface area contributed by atoms with Gasteiger partial charge in [0.2, 0.25) is 0 Å². The molecule has 16 heavy (non-hydrogen) atoms. The molecule has 1 amide bonds. The van der Waals surface area contributed by atoms with Crippen LogP contribution >= 0.6 is 0 Å². The van der Waals surface area contributed by atoms with Gasteiger partial charge in [0.05, 0.1) is 5.56 Å². The number of nitrogens with two attached hydrogens (primary N) is 1. The zero-order valence-electron chi connectivity index (χ0n) is 9.49. The maximum atomic E-state index is 11.8. The fraction of sp³-hybridized carbons (Fsp3) is 0.500. The van der Waals surface area contributed by atoms with Gasteiger partial charge in [-0.1, -0.05) is 13.3 Å². The van der Waals surface area contributed by atoms with E-state index in [9.17, 15) is 4.79 Å². The summed E-state index contributed by atoms with van der Waals surface area (Å²) in [6.45, 7) is 2.95. The molecule has 4 nitrogen and oxygen atoms in total. The van der Waals surface area contributed by atoms with E-state index in [1.807, 2.05) is 0 Å². The second-order valence-electron chi connectivity index (χ2n) is 4.82. The molecule has 1 aliphatic carbocycles. The van der Waals surface area contributed by atoms with E-state index < -0.39 is 0 Å². The first-order valence-electron chi connectivity index (χ1n) is 5.59. The molecule has 0 spiro atoms. The number of amides is 1. The standard InChI is InChI=1S/C12H17N3O/c1-12(5-2-6-12)8-15-11(16)9-3-4-10(13)14-7-9/h3-4,7H,2,5-6,8H2,1H3,(H2,13,14)(H,15,16).